The Balaban J connectivity index is 2.46. The Hall–Kier alpha value is -1.32. The van der Waals surface area contributed by atoms with Crippen molar-refractivity contribution in [3.8, 4) is 0 Å². The van der Waals surface area contributed by atoms with E-state index < -0.39 is 17.9 Å². The quantitative estimate of drug-likeness (QED) is 0.547. The molecule has 4 heteroatoms. The Labute approximate surface area is 121 Å². The number of carboxylic acid groups (broad SMARTS) is 1. The summed E-state index contributed by atoms with van der Waals surface area (Å²) >= 11 is 0. The topological polar surface area (TPSA) is 63.6 Å². The fourth-order valence-electron chi connectivity index (χ4n) is 2.78. The third kappa shape index (κ3) is 5.35. The summed E-state index contributed by atoms with van der Waals surface area (Å²) in [4.78, 5) is 23.2. The van der Waals surface area contributed by atoms with Crippen LogP contribution in [0.1, 0.15) is 52.4 Å². The van der Waals surface area contributed by atoms with Crippen LogP contribution in [-0.4, -0.2) is 23.7 Å². The van der Waals surface area contributed by atoms with Crippen LogP contribution < -0.4 is 0 Å². The predicted octanol–water partition coefficient (Wildman–Crippen LogP) is 3.41. The second-order valence-corrected chi connectivity index (χ2v) is 6.51. The monoisotopic (exact) mass is 282 g/mol. The summed E-state index contributed by atoms with van der Waals surface area (Å²) in [5.41, 5.74) is -0.149. The van der Waals surface area contributed by atoms with Crippen LogP contribution in [0.2, 0.25) is 0 Å². The van der Waals surface area contributed by atoms with Crippen LogP contribution in [0.5, 0.6) is 0 Å². The molecule has 1 aliphatic carbocycles. The van der Waals surface area contributed by atoms with Crippen molar-refractivity contribution in [1.29, 1.82) is 0 Å². The Morgan fingerprint density at radius 1 is 1.40 bits per heavy atom. The van der Waals surface area contributed by atoms with E-state index in [1.165, 1.54) is 0 Å². The van der Waals surface area contributed by atoms with Gasteiger partial charge in [-0.15, -0.1) is 6.58 Å². The molecule has 0 saturated heterocycles. The van der Waals surface area contributed by atoms with Gasteiger partial charge in [-0.3, -0.25) is 9.59 Å². The molecule has 1 fully saturated rings. The molecular weight excluding hydrogens is 256 g/mol. The standard InChI is InChI=1S/C16H26O4/c1-4-9-16(2,3)11-20-14(17)10-13(15(18)19)12-7-5-6-8-12/h4,12-13H,1,5-11H2,2-3H3,(H,18,19)/t13-/m0/s1. The van der Waals surface area contributed by atoms with Gasteiger partial charge in [0.1, 0.15) is 0 Å². The van der Waals surface area contributed by atoms with E-state index in [9.17, 15) is 14.7 Å². The first kappa shape index (κ1) is 16.7. The third-order valence-corrected chi connectivity index (χ3v) is 3.99. The molecule has 0 aliphatic heterocycles. The van der Waals surface area contributed by atoms with Gasteiger partial charge in [0, 0.05) is 5.41 Å². The molecule has 0 aromatic carbocycles. The molecule has 0 aromatic rings. The zero-order chi connectivity index (χ0) is 15.2. The number of aliphatic carboxylic acids is 1. The molecule has 0 spiro atoms. The number of carboxylic acids is 1. The molecule has 4 nitrogen and oxygen atoms in total. The van der Waals surface area contributed by atoms with Gasteiger partial charge in [-0.1, -0.05) is 32.8 Å². The van der Waals surface area contributed by atoms with Gasteiger partial charge in [0.25, 0.3) is 0 Å². The van der Waals surface area contributed by atoms with Crippen molar-refractivity contribution < 1.29 is 19.4 Å². The lowest BCUT2D eigenvalue weighted by Crippen LogP contribution is -2.28. The highest BCUT2D eigenvalue weighted by molar-refractivity contribution is 5.79. The SMILES string of the molecule is C=CCC(C)(C)COC(=O)C[C@H](C(=O)O)C1CCCC1. The first-order chi connectivity index (χ1) is 9.35. The fraction of sp³-hybridized carbons (Fsp3) is 0.750. The van der Waals surface area contributed by atoms with Gasteiger partial charge in [0.15, 0.2) is 0 Å². The maximum atomic E-state index is 11.9. The minimum absolute atomic E-state index is 0.00975. The van der Waals surface area contributed by atoms with Crippen molar-refractivity contribution in [2.24, 2.45) is 17.3 Å². The van der Waals surface area contributed by atoms with Gasteiger partial charge in [-0.2, -0.15) is 0 Å². The van der Waals surface area contributed by atoms with Crippen molar-refractivity contribution in [1.82, 2.24) is 0 Å². The van der Waals surface area contributed by atoms with Gasteiger partial charge in [0.05, 0.1) is 18.9 Å². The lowest BCUT2D eigenvalue weighted by molar-refractivity contribution is -0.155. The van der Waals surface area contributed by atoms with Crippen LogP contribution in [0, 0.1) is 17.3 Å². The Kier molecular flexibility index (Phi) is 6.24. The van der Waals surface area contributed by atoms with Gasteiger partial charge in [-0.25, -0.2) is 0 Å². The highest BCUT2D eigenvalue weighted by Crippen LogP contribution is 2.33. The minimum Gasteiger partial charge on any atom is -0.481 e. The number of carbonyl (C=O) groups excluding carboxylic acids is 1. The normalized spacial score (nSPS) is 17.7. The van der Waals surface area contributed by atoms with Crippen molar-refractivity contribution >= 4 is 11.9 Å². The van der Waals surface area contributed by atoms with Crippen LogP contribution in [0.25, 0.3) is 0 Å². The van der Waals surface area contributed by atoms with E-state index in [2.05, 4.69) is 6.58 Å². The summed E-state index contributed by atoms with van der Waals surface area (Å²) in [5, 5.41) is 9.27. The van der Waals surface area contributed by atoms with Crippen molar-refractivity contribution in [2.75, 3.05) is 6.61 Å². The van der Waals surface area contributed by atoms with Crippen molar-refractivity contribution in [2.45, 2.75) is 52.4 Å². The van der Waals surface area contributed by atoms with E-state index in [4.69, 9.17) is 4.74 Å². The third-order valence-electron chi connectivity index (χ3n) is 3.99. The lowest BCUT2D eigenvalue weighted by Gasteiger charge is -2.23. The maximum absolute atomic E-state index is 11.9. The van der Waals surface area contributed by atoms with Gasteiger partial charge >= 0.3 is 11.9 Å². The Morgan fingerprint density at radius 2 is 2.00 bits per heavy atom. The van der Waals surface area contributed by atoms with Crippen LogP contribution in [-0.2, 0) is 14.3 Å². The Bertz CT molecular complexity index is 353. The van der Waals surface area contributed by atoms with Crippen LogP contribution in [0.4, 0.5) is 0 Å². The Morgan fingerprint density at radius 3 is 2.50 bits per heavy atom. The lowest BCUT2D eigenvalue weighted by atomic mass is 9.88. The van der Waals surface area contributed by atoms with Crippen LogP contribution >= 0.6 is 0 Å². The predicted molar refractivity (Wildman–Crippen MR) is 77.3 cm³/mol. The second kappa shape index (κ2) is 7.46. The molecule has 0 radical (unpaired) electrons. The number of rotatable bonds is 8. The number of ether oxygens (including phenoxy) is 1. The summed E-state index contributed by atoms with van der Waals surface area (Å²) in [5.74, 6) is -1.74. The van der Waals surface area contributed by atoms with E-state index in [1.54, 1.807) is 6.08 Å². The number of hydrogen-bond acceptors (Lipinski definition) is 3. The summed E-state index contributed by atoms with van der Waals surface area (Å²) in [7, 11) is 0. The zero-order valence-corrected chi connectivity index (χ0v) is 12.6. The molecule has 0 unspecified atom stereocenters. The van der Waals surface area contributed by atoms with E-state index >= 15 is 0 Å². The number of hydrogen-bond donors (Lipinski definition) is 1. The summed E-state index contributed by atoms with van der Waals surface area (Å²) in [6.07, 6.45) is 6.49. The molecule has 1 saturated carbocycles. The summed E-state index contributed by atoms with van der Waals surface area (Å²) in [6.45, 7) is 7.97. The molecular formula is C16H26O4. The molecule has 114 valence electrons. The molecule has 1 rings (SSSR count). The molecule has 1 aliphatic rings. The molecule has 20 heavy (non-hydrogen) atoms. The largest absolute Gasteiger partial charge is 0.481 e. The first-order valence-corrected chi connectivity index (χ1v) is 7.35. The fourth-order valence-corrected chi connectivity index (χ4v) is 2.78. The summed E-state index contributed by atoms with van der Waals surface area (Å²) in [6, 6.07) is 0. The van der Waals surface area contributed by atoms with E-state index in [-0.39, 0.29) is 17.8 Å². The molecule has 0 amide bonds. The van der Waals surface area contributed by atoms with E-state index in [0.29, 0.717) is 6.61 Å². The summed E-state index contributed by atoms with van der Waals surface area (Å²) < 4.78 is 5.25. The first-order valence-electron chi connectivity index (χ1n) is 7.35. The van der Waals surface area contributed by atoms with Crippen molar-refractivity contribution in [3.05, 3.63) is 12.7 Å². The molecule has 1 atom stereocenters. The second-order valence-electron chi connectivity index (χ2n) is 6.51. The zero-order valence-electron chi connectivity index (χ0n) is 12.6. The number of esters is 1. The van der Waals surface area contributed by atoms with Gasteiger partial charge in [0.2, 0.25) is 0 Å². The average Bonchev–Trinajstić information content (AvgIpc) is 2.86. The van der Waals surface area contributed by atoms with Crippen molar-refractivity contribution in [3.63, 3.8) is 0 Å². The average molecular weight is 282 g/mol. The maximum Gasteiger partial charge on any atom is 0.307 e. The van der Waals surface area contributed by atoms with E-state index in [1.807, 2.05) is 13.8 Å². The highest BCUT2D eigenvalue weighted by Gasteiger charge is 2.33. The number of allylic oxidation sites excluding steroid dienone is 1. The minimum atomic E-state index is -0.876. The molecule has 0 aromatic heterocycles. The molecule has 0 bridgehead atoms. The van der Waals surface area contributed by atoms with Gasteiger partial charge in [-0.05, 0) is 25.2 Å². The van der Waals surface area contributed by atoms with Gasteiger partial charge < -0.3 is 9.84 Å². The number of carbonyl (C=O) groups is 2. The van der Waals surface area contributed by atoms with Crippen LogP contribution in [0.15, 0.2) is 12.7 Å². The molecule has 1 N–H and O–H groups in total. The van der Waals surface area contributed by atoms with Crippen LogP contribution in [0.3, 0.4) is 0 Å². The van der Waals surface area contributed by atoms with E-state index in [0.717, 1.165) is 32.1 Å². The molecule has 0 heterocycles. The highest BCUT2D eigenvalue weighted by atomic mass is 16.5. The smallest absolute Gasteiger partial charge is 0.307 e.